The summed E-state index contributed by atoms with van der Waals surface area (Å²) in [6, 6.07) is 1.60. The van der Waals surface area contributed by atoms with Crippen molar-refractivity contribution in [2.75, 3.05) is 18.9 Å². The van der Waals surface area contributed by atoms with Crippen LogP contribution in [0.5, 0.6) is 0 Å². The molecule has 0 saturated heterocycles. The molecule has 1 heterocycles. The van der Waals surface area contributed by atoms with Gasteiger partial charge in [-0.1, -0.05) is 6.92 Å². The zero-order valence-electron chi connectivity index (χ0n) is 9.24. The fourth-order valence-corrected chi connectivity index (χ4v) is 2.03. The maximum atomic E-state index is 11.7. The van der Waals surface area contributed by atoms with Gasteiger partial charge in [-0.15, -0.1) is 11.3 Å². The number of amides is 2. The molecule has 0 radical (unpaired) electrons. The molecular formula is C10H15N3O2S. The first-order valence-electron chi connectivity index (χ1n) is 4.89. The summed E-state index contributed by atoms with van der Waals surface area (Å²) < 4.78 is 0. The molecule has 0 aromatic carbocycles. The third-order valence-electron chi connectivity index (χ3n) is 2.13. The SMILES string of the molecule is CNCC(C)C(=O)Nc1sccc1C(N)=O. The molecule has 1 aromatic rings. The Balaban J connectivity index is 2.69. The van der Waals surface area contributed by atoms with Crippen LogP contribution in [0.1, 0.15) is 17.3 Å². The van der Waals surface area contributed by atoms with Crippen molar-refractivity contribution in [2.45, 2.75) is 6.92 Å². The van der Waals surface area contributed by atoms with Gasteiger partial charge in [-0.3, -0.25) is 9.59 Å². The van der Waals surface area contributed by atoms with Crippen LogP contribution in [-0.2, 0) is 4.79 Å². The molecular weight excluding hydrogens is 226 g/mol. The highest BCUT2D eigenvalue weighted by Crippen LogP contribution is 2.23. The predicted molar refractivity (Wildman–Crippen MR) is 64.6 cm³/mol. The molecule has 88 valence electrons. The van der Waals surface area contributed by atoms with E-state index in [0.717, 1.165) is 0 Å². The van der Waals surface area contributed by atoms with Crippen LogP contribution in [0, 0.1) is 5.92 Å². The van der Waals surface area contributed by atoms with Crippen molar-refractivity contribution in [3.8, 4) is 0 Å². The van der Waals surface area contributed by atoms with E-state index in [9.17, 15) is 9.59 Å². The van der Waals surface area contributed by atoms with Crippen molar-refractivity contribution in [3.05, 3.63) is 17.0 Å². The molecule has 0 aliphatic carbocycles. The van der Waals surface area contributed by atoms with Gasteiger partial charge in [-0.05, 0) is 18.5 Å². The minimum atomic E-state index is -0.530. The van der Waals surface area contributed by atoms with E-state index in [1.165, 1.54) is 11.3 Å². The number of nitrogens with one attached hydrogen (secondary N) is 2. The Bertz CT molecular complexity index is 389. The Kier molecular flexibility index (Phi) is 4.45. The lowest BCUT2D eigenvalue weighted by molar-refractivity contribution is -0.119. The van der Waals surface area contributed by atoms with Gasteiger partial charge in [0.15, 0.2) is 0 Å². The third kappa shape index (κ3) is 3.04. The highest BCUT2D eigenvalue weighted by Gasteiger charge is 2.16. The summed E-state index contributed by atoms with van der Waals surface area (Å²) in [5, 5.41) is 7.85. The van der Waals surface area contributed by atoms with Crippen LogP contribution in [0.3, 0.4) is 0 Å². The lowest BCUT2D eigenvalue weighted by atomic mass is 10.1. The standard InChI is InChI=1S/C10H15N3O2S/c1-6(5-12-2)9(15)13-10-7(8(11)14)3-4-16-10/h3-4,6,12H,5H2,1-2H3,(H2,11,14)(H,13,15). The molecule has 0 aliphatic rings. The Hall–Kier alpha value is -1.40. The smallest absolute Gasteiger partial charge is 0.251 e. The van der Waals surface area contributed by atoms with E-state index in [-0.39, 0.29) is 11.8 Å². The normalized spacial score (nSPS) is 12.1. The van der Waals surface area contributed by atoms with Gasteiger partial charge in [0, 0.05) is 12.5 Å². The van der Waals surface area contributed by atoms with Crippen LogP contribution in [0.15, 0.2) is 11.4 Å². The number of thiophene rings is 1. The Morgan fingerprint density at radius 1 is 1.56 bits per heavy atom. The summed E-state index contributed by atoms with van der Waals surface area (Å²) in [6.45, 7) is 2.40. The zero-order valence-corrected chi connectivity index (χ0v) is 10.1. The molecule has 0 saturated carbocycles. The molecule has 4 N–H and O–H groups in total. The van der Waals surface area contributed by atoms with Crippen LogP contribution in [-0.4, -0.2) is 25.4 Å². The summed E-state index contributed by atoms with van der Waals surface area (Å²) in [5.74, 6) is -0.815. The van der Waals surface area contributed by atoms with Gasteiger partial charge in [0.2, 0.25) is 5.91 Å². The van der Waals surface area contributed by atoms with Gasteiger partial charge in [-0.25, -0.2) is 0 Å². The number of nitrogens with two attached hydrogens (primary N) is 1. The number of rotatable bonds is 5. The first-order chi connectivity index (χ1) is 7.56. The summed E-state index contributed by atoms with van der Waals surface area (Å²) in [6.07, 6.45) is 0. The fraction of sp³-hybridized carbons (Fsp3) is 0.400. The van der Waals surface area contributed by atoms with Crippen molar-refractivity contribution in [2.24, 2.45) is 11.7 Å². The van der Waals surface area contributed by atoms with Crippen LogP contribution in [0.25, 0.3) is 0 Å². The van der Waals surface area contributed by atoms with E-state index in [4.69, 9.17) is 5.73 Å². The second kappa shape index (κ2) is 5.62. The maximum Gasteiger partial charge on any atom is 0.251 e. The minimum absolute atomic E-state index is 0.126. The molecule has 1 rings (SSSR count). The third-order valence-corrected chi connectivity index (χ3v) is 2.96. The first-order valence-corrected chi connectivity index (χ1v) is 5.77. The average Bonchev–Trinajstić information content (AvgIpc) is 2.66. The summed E-state index contributed by atoms with van der Waals surface area (Å²) in [7, 11) is 1.78. The summed E-state index contributed by atoms with van der Waals surface area (Å²) in [4.78, 5) is 22.7. The number of carbonyl (C=O) groups is 2. The zero-order chi connectivity index (χ0) is 12.1. The molecule has 0 aliphatic heterocycles. The van der Waals surface area contributed by atoms with E-state index in [1.807, 2.05) is 6.92 Å². The van der Waals surface area contributed by atoms with Gasteiger partial charge in [0.05, 0.1) is 5.56 Å². The van der Waals surface area contributed by atoms with E-state index >= 15 is 0 Å². The molecule has 2 amide bonds. The average molecular weight is 241 g/mol. The van der Waals surface area contributed by atoms with Crippen molar-refractivity contribution < 1.29 is 9.59 Å². The lowest BCUT2D eigenvalue weighted by Gasteiger charge is -2.10. The molecule has 0 fully saturated rings. The Morgan fingerprint density at radius 2 is 2.25 bits per heavy atom. The quantitative estimate of drug-likeness (QED) is 0.707. The van der Waals surface area contributed by atoms with Crippen molar-refractivity contribution in [1.82, 2.24) is 5.32 Å². The maximum absolute atomic E-state index is 11.7. The molecule has 1 aromatic heterocycles. The second-order valence-electron chi connectivity index (χ2n) is 3.48. The number of hydrogen-bond acceptors (Lipinski definition) is 4. The molecule has 5 nitrogen and oxygen atoms in total. The fourth-order valence-electron chi connectivity index (χ4n) is 1.23. The van der Waals surface area contributed by atoms with Gasteiger partial charge in [0.1, 0.15) is 5.00 Å². The van der Waals surface area contributed by atoms with Crippen LogP contribution < -0.4 is 16.4 Å². The second-order valence-corrected chi connectivity index (χ2v) is 4.39. The van der Waals surface area contributed by atoms with Crippen LogP contribution >= 0.6 is 11.3 Å². The predicted octanol–water partition coefficient (Wildman–Crippen LogP) is 0.641. The van der Waals surface area contributed by atoms with Crippen molar-refractivity contribution in [1.29, 1.82) is 0 Å². The van der Waals surface area contributed by atoms with Gasteiger partial charge in [-0.2, -0.15) is 0 Å². The number of carbonyl (C=O) groups excluding carboxylic acids is 2. The molecule has 1 unspecified atom stereocenters. The number of anilines is 1. The summed E-state index contributed by atoms with van der Waals surface area (Å²) >= 11 is 1.29. The molecule has 6 heteroatoms. The van der Waals surface area contributed by atoms with Crippen LogP contribution in [0.2, 0.25) is 0 Å². The topological polar surface area (TPSA) is 84.2 Å². The van der Waals surface area contributed by atoms with E-state index in [1.54, 1.807) is 18.5 Å². The van der Waals surface area contributed by atoms with Crippen molar-refractivity contribution in [3.63, 3.8) is 0 Å². The Labute approximate surface area is 98.0 Å². The Morgan fingerprint density at radius 3 is 2.81 bits per heavy atom. The highest BCUT2D eigenvalue weighted by atomic mass is 32.1. The van der Waals surface area contributed by atoms with Gasteiger partial charge in [0.25, 0.3) is 5.91 Å². The van der Waals surface area contributed by atoms with Crippen LogP contribution in [0.4, 0.5) is 5.00 Å². The lowest BCUT2D eigenvalue weighted by Crippen LogP contribution is -2.29. The van der Waals surface area contributed by atoms with Gasteiger partial charge >= 0.3 is 0 Å². The monoisotopic (exact) mass is 241 g/mol. The van der Waals surface area contributed by atoms with E-state index in [2.05, 4.69) is 10.6 Å². The van der Waals surface area contributed by atoms with E-state index in [0.29, 0.717) is 17.1 Å². The molecule has 1 atom stereocenters. The minimum Gasteiger partial charge on any atom is -0.366 e. The largest absolute Gasteiger partial charge is 0.366 e. The van der Waals surface area contributed by atoms with Crippen molar-refractivity contribution >= 4 is 28.2 Å². The molecule has 16 heavy (non-hydrogen) atoms. The summed E-state index contributed by atoms with van der Waals surface area (Å²) in [5.41, 5.74) is 5.53. The first kappa shape index (κ1) is 12.7. The van der Waals surface area contributed by atoms with Gasteiger partial charge < -0.3 is 16.4 Å². The molecule has 0 bridgehead atoms. The highest BCUT2D eigenvalue weighted by molar-refractivity contribution is 7.14. The van der Waals surface area contributed by atoms with E-state index < -0.39 is 5.91 Å². The molecule has 0 spiro atoms. The number of primary amides is 1. The number of hydrogen-bond donors (Lipinski definition) is 3.